The van der Waals surface area contributed by atoms with Crippen molar-refractivity contribution in [3.8, 4) is 0 Å². The summed E-state index contributed by atoms with van der Waals surface area (Å²) >= 11 is 0.427. The first-order valence-corrected chi connectivity index (χ1v) is 9.59. The molecular formula is C17H10F6O4S2. The normalized spacial score (nSPS) is 35.7. The van der Waals surface area contributed by atoms with Crippen LogP contribution in [0.3, 0.4) is 0 Å². The van der Waals surface area contributed by atoms with Gasteiger partial charge in [-0.2, -0.15) is 26.3 Å². The Labute approximate surface area is 167 Å². The van der Waals surface area contributed by atoms with Gasteiger partial charge in [-0.3, -0.25) is 0 Å². The number of aliphatic carboxylic acids is 2. The number of carboxylic acids is 2. The zero-order valence-corrected chi connectivity index (χ0v) is 16.1. The van der Waals surface area contributed by atoms with Crippen molar-refractivity contribution in [2.45, 2.75) is 31.6 Å². The Hall–Kier alpha value is -1.82. The zero-order chi connectivity index (χ0) is 21.9. The summed E-state index contributed by atoms with van der Waals surface area (Å²) in [7, 11) is 0. The van der Waals surface area contributed by atoms with Crippen molar-refractivity contribution in [2.24, 2.45) is 10.8 Å². The van der Waals surface area contributed by atoms with Crippen molar-refractivity contribution in [3.63, 3.8) is 0 Å². The van der Waals surface area contributed by atoms with E-state index in [4.69, 9.17) is 0 Å². The second kappa shape index (κ2) is 5.26. The molecule has 156 valence electrons. The maximum atomic E-state index is 14.7. The van der Waals surface area contributed by atoms with E-state index in [-0.39, 0.29) is 23.5 Å². The molecule has 4 nitrogen and oxygen atoms in total. The van der Waals surface area contributed by atoms with E-state index >= 15 is 0 Å². The minimum absolute atomic E-state index is 0.213. The van der Waals surface area contributed by atoms with E-state index < -0.39 is 71.3 Å². The van der Waals surface area contributed by atoms with E-state index in [0.717, 1.165) is 12.2 Å². The summed E-state index contributed by atoms with van der Waals surface area (Å²) < 4.78 is 87.2. The quantitative estimate of drug-likeness (QED) is 0.578. The molecule has 0 spiro atoms. The Balaban J connectivity index is 2.16. The van der Waals surface area contributed by atoms with Crippen molar-refractivity contribution >= 4 is 35.5 Å². The van der Waals surface area contributed by atoms with Gasteiger partial charge in [0, 0.05) is 31.8 Å². The SMILES string of the molecule is C[C@]12C=C(C(=O)O)SC1=C1C(=C3SC(C(=O)O)=C[C@@]32C)C(F)(F)C(F)(F)C1(F)F. The van der Waals surface area contributed by atoms with Crippen LogP contribution in [0.2, 0.25) is 0 Å². The molecule has 4 aliphatic rings. The summed E-state index contributed by atoms with van der Waals surface area (Å²) in [6, 6.07) is 0. The molecular weight excluding hydrogens is 446 g/mol. The monoisotopic (exact) mass is 456 g/mol. The molecule has 0 amide bonds. The predicted molar refractivity (Wildman–Crippen MR) is 91.7 cm³/mol. The Morgan fingerprint density at radius 3 is 1.34 bits per heavy atom. The molecule has 2 atom stereocenters. The van der Waals surface area contributed by atoms with E-state index in [9.17, 15) is 46.1 Å². The molecule has 4 rings (SSSR count). The van der Waals surface area contributed by atoms with Crippen molar-refractivity contribution < 1.29 is 46.1 Å². The zero-order valence-electron chi connectivity index (χ0n) is 14.4. The van der Waals surface area contributed by atoms with Crippen molar-refractivity contribution in [2.75, 3.05) is 0 Å². The second-order valence-electron chi connectivity index (χ2n) is 7.37. The first-order chi connectivity index (χ1) is 13.0. The van der Waals surface area contributed by atoms with Gasteiger partial charge in [-0.15, -0.1) is 0 Å². The fourth-order valence-corrected chi connectivity index (χ4v) is 6.92. The number of halogens is 6. The number of hydrogen-bond acceptors (Lipinski definition) is 4. The van der Waals surface area contributed by atoms with Crippen LogP contribution in [0.1, 0.15) is 13.8 Å². The van der Waals surface area contributed by atoms with Crippen molar-refractivity contribution in [1.82, 2.24) is 0 Å². The summed E-state index contributed by atoms with van der Waals surface area (Å²) in [5.74, 6) is -19.4. The van der Waals surface area contributed by atoms with Gasteiger partial charge in [-0.25, -0.2) is 9.59 Å². The number of carbonyl (C=O) groups is 2. The number of alkyl halides is 6. The third kappa shape index (κ3) is 2.01. The van der Waals surface area contributed by atoms with Gasteiger partial charge in [-0.05, 0) is 0 Å². The molecule has 1 fully saturated rings. The van der Waals surface area contributed by atoms with Crippen LogP contribution >= 0.6 is 23.5 Å². The van der Waals surface area contributed by atoms with E-state index in [2.05, 4.69) is 0 Å². The maximum Gasteiger partial charge on any atom is 0.380 e. The fraction of sp³-hybridized carbons (Fsp3) is 0.412. The van der Waals surface area contributed by atoms with Gasteiger partial charge in [0.2, 0.25) is 0 Å². The van der Waals surface area contributed by atoms with Crippen LogP contribution in [-0.2, 0) is 9.59 Å². The lowest BCUT2D eigenvalue weighted by Crippen LogP contribution is -2.47. The smallest absolute Gasteiger partial charge is 0.380 e. The van der Waals surface area contributed by atoms with Crippen molar-refractivity contribution in [3.05, 3.63) is 42.9 Å². The van der Waals surface area contributed by atoms with Gasteiger partial charge in [0.25, 0.3) is 0 Å². The molecule has 0 aromatic heterocycles. The molecule has 0 aromatic rings. The average Bonchev–Trinajstić information content (AvgIpc) is 3.14. The fourth-order valence-electron chi connectivity index (χ4n) is 4.09. The molecule has 12 heteroatoms. The molecule has 0 unspecified atom stereocenters. The number of fused-ring (bicyclic) bond motifs is 4. The standard InChI is InChI=1S/C17H10F6O4S2/c1-13-3-5(11(24)25)28-9(13)7-8(16(20,21)17(22,23)15(7,18)19)10-14(13,2)4-6(29-10)12(26)27/h3-4H,1-2H3,(H,24,25)(H,26,27)/t13-,14-/m0/s1. The topological polar surface area (TPSA) is 74.6 Å². The van der Waals surface area contributed by atoms with Crippen LogP contribution < -0.4 is 0 Å². The highest BCUT2D eigenvalue weighted by Crippen LogP contribution is 2.77. The molecule has 2 aliphatic carbocycles. The number of rotatable bonds is 2. The van der Waals surface area contributed by atoms with E-state index in [1.54, 1.807) is 0 Å². The van der Waals surface area contributed by atoms with Gasteiger partial charge in [-0.1, -0.05) is 49.5 Å². The summed E-state index contributed by atoms with van der Waals surface area (Å²) in [6.07, 6.45) is 2.07. The predicted octanol–water partition coefficient (Wildman–Crippen LogP) is 4.87. The molecule has 0 radical (unpaired) electrons. The molecule has 0 aromatic carbocycles. The van der Waals surface area contributed by atoms with Crippen LogP contribution in [-0.4, -0.2) is 39.9 Å². The first-order valence-electron chi connectivity index (χ1n) is 7.96. The summed E-state index contributed by atoms with van der Waals surface area (Å²) in [5.41, 5.74) is -6.70. The van der Waals surface area contributed by atoms with E-state index in [0.29, 0.717) is 0 Å². The molecule has 29 heavy (non-hydrogen) atoms. The lowest BCUT2D eigenvalue weighted by molar-refractivity contribution is -0.258. The average molecular weight is 456 g/mol. The second-order valence-corrected chi connectivity index (χ2v) is 9.47. The molecule has 2 aliphatic heterocycles. The van der Waals surface area contributed by atoms with E-state index in [1.807, 2.05) is 0 Å². The molecule has 0 saturated heterocycles. The number of thioether (sulfide) groups is 2. The highest BCUT2D eigenvalue weighted by atomic mass is 32.2. The van der Waals surface area contributed by atoms with Crippen LogP contribution in [0.5, 0.6) is 0 Å². The first kappa shape index (κ1) is 20.5. The van der Waals surface area contributed by atoms with Gasteiger partial charge < -0.3 is 10.2 Å². The van der Waals surface area contributed by atoms with Crippen LogP contribution in [0, 0.1) is 10.8 Å². The Morgan fingerprint density at radius 2 is 1.07 bits per heavy atom. The molecule has 2 heterocycles. The summed E-state index contributed by atoms with van der Waals surface area (Å²) in [5, 5.41) is 18.6. The van der Waals surface area contributed by atoms with Crippen LogP contribution in [0.15, 0.2) is 42.9 Å². The van der Waals surface area contributed by atoms with E-state index in [1.165, 1.54) is 13.8 Å². The minimum Gasteiger partial charge on any atom is -0.477 e. The molecule has 0 bridgehead atoms. The Kier molecular flexibility index (Phi) is 3.71. The largest absolute Gasteiger partial charge is 0.477 e. The van der Waals surface area contributed by atoms with Gasteiger partial charge in [0.15, 0.2) is 0 Å². The maximum absolute atomic E-state index is 14.7. The Bertz CT molecular complexity index is 961. The molecule has 2 N–H and O–H groups in total. The third-order valence-electron chi connectivity index (χ3n) is 5.83. The lowest BCUT2D eigenvalue weighted by atomic mass is 9.60. The van der Waals surface area contributed by atoms with Crippen LogP contribution in [0.25, 0.3) is 0 Å². The lowest BCUT2D eigenvalue weighted by Gasteiger charge is -2.45. The van der Waals surface area contributed by atoms with Gasteiger partial charge >= 0.3 is 29.7 Å². The minimum atomic E-state index is -5.77. The number of carboxylic acid groups (broad SMARTS) is 2. The third-order valence-corrected chi connectivity index (χ3v) is 8.52. The summed E-state index contributed by atoms with van der Waals surface area (Å²) in [4.78, 5) is 20.6. The molecule has 1 saturated carbocycles. The summed E-state index contributed by atoms with van der Waals surface area (Å²) in [6.45, 7) is 2.50. The highest BCUT2D eigenvalue weighted by molar-refractivity contribution is 8.08. The highest BCUT2D eigenvalue weighted by Gasteiger charge is 2.84. The number of allylic oxidation sites excluding steroid dienone is 6. The van der Waals surface area contributed by atoms with Crippen molar-refractivity contribution in [1.29, 1.82) is 0 Å². The van der Waals surface area contributed by atoms with Gasteiger partial charge in [0.1, 0.15) is 0 Å². The van der Waals surface area contributed by atoms with Crippen LogP contribution in [0.4, 0.5) is 26.3 Å². The van der Waals surface area contributed by atoms with Gasteiger partial charge in [0.05, 0.1) is 9.81 Å². The number of hydrogen-bond donors (Lipinski definition) is 2. The Morgan fingerprint density at radius 1 is 0.759 bits per heavy atom.